The minimum absolute atomic E-state index is 0.0850. The molecule has 1 aromatic carbocycles. The summed E-state index contributed by atoms with van der Waals surface area (Å²) in [5.74, 6) is -0.105. The Hall–Kier alpha value is -2.41. The number of aromatic nitrogens is 1. The second-order valence-corrected chi connectivity index (χ2v) is 7.43. The fourth-order valence-corrected chi connectivity index (χ4v) is 3.78. The van der Waals surface area contributed by atoms with Gasteiger partial charge in [-0.2, -0.15) is 0 Å². The molecule has 29 heavy (non-hydrogen) atoms. The largest absolute Gasteiger partial charge is 0.473 e. The first-order valence-electron chi connectivity index (χ1n) is 8.59. The summed E-state index contributed by atoms with van der Waals surface area (Å²) in [4.78, 5) is 4.47. The molecular formula is C22H18BrClFNO3. The molecule has 1 aromatic heterocycles. The summed E-state index contributed by atoms with van der Waals surface area (Å²) in [6.07, 6.45) is 5.08. The van der Waals surface area contributed by atoms with Crippen LogP contribution >= 0.6 is 27.5 Å². The fraction of sp³-hybridized carbons (Fsp3) is 0.136. The van der Waals surface area contributed by atoms with Gasteiger partial charge in [0.1, 0.15) is 18.2 Å². The Bertz CT molecular complexity index is 1040. The highest BCUT2D eigenvalue weighted by Crippen LogP contribution is 2.53. The average Bonchev–Trinajstić information content (AvgIpc) is 3.02. The van der Waals surface area contributed by atoms with Gasteiger partial charge >= 0.3 is 0 Å². The molecule has 2 heterocycles. The number of allylic oxidation sites excluding steroid dienone is 2. The van der Waals surface area contributed by atoms with Crippen LogP contribution in [0.4, 0.5) is 4.39 Å². The lowest BCUT2D eigenvalue weighted by Crippen LogP contribution is -2.35. The first-order chi connectivity index (χ1) is 13.9. The lowest BCUT2D eigenvalue weighted by molar-refractivity contribution is 0.0636. The molecule has 0 saturated carbocycles. The van der Waals surface area contributed by atoms with Crippen molar-refractivity contribution in [3.05, 3.63) is 94.4 Å². The van der Waals surface area contributed by atoms with Crippen molar-refractivity contribution in [3.63, 3.8) is 0 Å². The third-order valence-corrected chi connectivity index (χ3v) is 5.93. The molecule has 1 N–H and O–H groups in total. The Morgan fingerprint density at radius 2 is 2.17 bits per heavy atom. The van der Waals surface area contributed by atoms with Gasteiger partial charge in [-0.3, -0.25) is 0 Å². The second-order valence-electron chi connectivity index (χ2n) is 6.26. The van der Waals surface area contributed by atoms with Crippen molar-refractivity contribution in [2.75, 3.05) is 13.2 Å². The molecule has 1 aliphatic rings. The molecule has 150 valence electrons. The van der Waals surface area contributed by atoms with Crippen LogP contribution < -0.4 is 9.47 Å². The number of benzene rings is 1. The van der Waals surface area contributed by atoms with Crippen LogP contribution in [0, 0.1) is 5.82 Å². The van der Waals surface area contributed by atoms with E-state index in [0.29, 0.717) is 27.2 Å². The highest BCUT2D eigenvalue weighted by atomic mass is 79.9. The molecule has 7 heteroatoms. The number of rotatable bonds is 7. The van der Waals surface area contributed by atoms with Crippen LogP contribution in [0.2, 0.25) is 5.02 Å². The molecule has 1 atom stereocenters. The standard InChI is InChI=1S/C22H18BrClFNO3/c1-4-7-14(5-2)11-28-18-9-6-8-17(26-18)22(12-27)13(3)19-16(29-22)10-15(25)21(24)20(19)23/h4-10,27H,1-3,11-12H2/b14-7+. The number of aliphatic hydroxyl groups excluding tert-OH is 1. The summed E-state index contributed by atoms with van der Waals surface area (Å²) in [6, 6.07) is 6.25. The van der Waals surface area contributed by atoms with Crippen LogP contribution in [0.5, 0.6) is 11.6 Å². The summed E-state index contributed by atoms with van der Waals surface area (Å²) in [6.45, 7) is 11.2. The van der Waals surface area contributed by atoms with Crippen molar-refractivity contribution >= 4 is 33.1 Å². The Morgan fingerprint density at radius 1 is 1.41 bits per heavy atom. The van der Waals surface area contributed by atoms with Gasteiger partial charge in [0.2, 0.25) is 5.88 Å². The SMILES string of the molecule is C=C/C=C(\C=C)COc1cccc(C2(CO)Oc3cc(F)c(Cl)c(Br)c3C2=C)n1. The van der Waals surface area contributed by atoms with Gasteiger partial charge in [-0.25, -0.2) is 9.37 Å². The maximum Gasteiger partial charge on any atom is 0.213 e. The topological polar surface area (TPSA) is 51.6 Å². The van der Waals surface area contributed by atoms with E-state index < -0.39 is 18.0 Å². The van der Waals surface area contributed by atoms with Crippen molar-refractivity contribution in [2.45, 2.75) is 5.60 Å². The van der Waals surface area contributed by atoms with Crippen molar-refractivity contribution in [3.8, 4) is 11.6 Å². The number of nitrogens with zero attached hydrogens (tertiary/aromatic N) is 1. The van der Waals surface area contributed by atoms with Gasteiger partial charge in [-0.15, -0.1) is 0 Å². The Labute approximate surface area is 181 Å². The van der Waals surface area contributed by atoms with Crippen LogP contribution in [0.1, 0.15) is 11.3 Å². The molecule has 1 unspecified atom stereocenters. The zero-order valence-corrected chi connectivity index (χ0v) is 17.8. The number of hydrogen-bond acceptors (Lipinski definition) is 4. The van der Waals surface area contributed by atoms with Crippen molar-refractivity contribution in [1.82, 2.24) is 4.98 Å². The average molecular weight is 479 g/mol. The summed E-state index contributed by atoms with van der Waals surface area (Å²) < 4.78 is 26.1. The van der Waals surface area contributed by atoms with Gasteiger partial charge in [-0.05, 0) is 27.6 Å². The molecule has 4 nitrogen and oxygen atoms in total. The molecule has 1 aliphatic heterocycles. The van der Waals surface area contributed by atoms with Crippen molar-refractivity contribution < 1.29 is 19.0 Å². The van der Waals surface area contributed by atoms with Gasteiger partial charge in [0, 0.05) is 23.3 Å². The van der Waals surface area contributed by atoms with Crippen LogP contribution in [-0.2, 0) is 5.60 Å². The monoisotopic (exact) mass is 477 g/mol. The van der Waals surface area contributed by atoms with E-state index in [9.17, 15) is 9.50 Å². The molecule has 0 fully saturated rings. The predicted octanol–water partition coefficient (Wildman–Crippen LogP) is 5.61. The third kappa shape index (κ3) is 3.75. The molecule has 2 aromatic rings. The van der Waals surface area contributed by atoms with E-state index in [1.807, 2.05) is 0 Å². The maximum absolute atomic E-state index is 14.1. The van der Waals surface area contributed by atoms with E-state index in [0.717, 1.165) is 5.57 Å². The number of hydrogen-bond donors (Lipinski definition) is 1. The van der Waals surface area contributed by atoms with Crippen LogP contribution in [-0.4, -0.2) is 23.3 Å². The molecule has 0 radical (unpaired) electrons. The number of aliphatic hydroxyl groups is 1. The minimum Gasteiger partial charge on any atom is -0.473 e. The summed E-state index contributed by atoms with van der Waals surface area (Å²) in [5, 5.41) is 10.1. The van der Waals surface area contributed by atoms with E-state index in [4.69, 9.17) is 21.1 Å². The fourth-order valence-electron chi connectivity index (χ4n) is 3.01. The van der Waals surface area contributed by atoms with Gasteiger partial charge in [0.15, 0.2) is 5.60 Å². The second kappa shape index (κ2) is 8.53. The van der Waals surface area contributed by atoms with Gasteiger partial charge in [0.25, 0.3) is 0 Å². The zero-order valence-electron chi connectivity index (χ0n) is 15.4. The van der Waals surface area contributed by atoms with E-state index in [2.05, 4.69) is 40.7 Å². The smallest absolute Gasteiger partial charge is 0.213 e. The zero-order chi connectivity index (χ0) is 21.2. The summed E-state index contributed by atoms with van der Waals surface area (Å²) in [5.41, 5.74) is 0.703. The normalized spacial score (nSPS) is 18.2. The molecule has 0 spiro atoms. The molecule has 0 amide bonds. The lowest BCUT2D eigenvalue weighted by Gasteiger charge is -2.27. The molecular weight excluding hydrogens is 461 g/mol. The van der Waals surface area contributed by atoms with E-state index in [-0.39, 0.29) is 17.4 Å². The summed E-state index contributed by atoms with van der Waals surface area (Å²) in [7, 11) is 0. The number of ether oxygens (including phenoxy) is 2. The van der Waals surface area contributed by atoms with Crippen LogP contribution in [0.15, 0.2) is 72.3 Å². The quantitative estimate of drug-likeness (QED) is 0.415. The highest BCUT2D eigenvalue weighted by molar-refractivity contribution is 9.10. The minimum atomic E-state index is -1.39. The Kier molecular flexibility index (Phi) is 6.27. The van der Waals surface area contributed by atoms with Gasteiger partial charge in [-0.1, -0.05) is 55.6 Å². The third-order valence-electron chi connectivity index (χ3n) is 4.54. The first-order valence-corrected chi connectivity index (χ1v) is 9.76. The maximum atomic E-state index is 14.1. The number of halogens is 3. The van der Waals surface area contributed by atoms with Gasteiger partial charge < -0.3 is 14.6 Å². The van der Waals surface area contributed by atoms with Crippen molar-refractivity contribution in [2.24, 2.45) is 0 Å². The Morgan fingerprint density at radius 3 is 2.83 bits per heavy atom. The molecule has 0 bridgehead atoms. The highest BCUT2D eigenvalue weighted by Gasteiger charge is 2.47. The lowest BCUT2D eigenvalue weighted by atomic mass is 9.89. The molecule has 0 aliphatic carbocycles. The van der Waals surface area contributed by atoms with Crippen LogP contribution in [0.25, 0.3) is 5.57 Å². The summed E-state index contributed by atoms with van der Waals surface area (Å²) >= 11 is 9.30. The van der Waals surface area contributed by atoms with E-state index in [1.54, 1.807) is 36.4 Å². The number of fused-ring (bicyclic) bond motifs is 1. The molecule has 0 saturated heterocycles. The first kappa shape index (κ1) is 21.3. The van der Waals surface area contributed by atoms with E-state index >= 15 is 0 Å². The molecule has 3 rings (SSSR count). The van der Waals surface area contributed by atoms with Crippen molar-refractivity contribution in [1.29, 1.82) is 0 Å². The Balaban J connectivity index is 1.98. The van der Waals surface area contributed by atoms with Gasteiger partial charge in [0.05, 0.1) is 21.8 Å². The van der Waals surface area contributed by atoms with Crippen LogP contribution in [0.3, 0.4) is 0 Å². The predicted molar refractivity (Wildman–Crippen MR) is 116 cm³/mol. The number of pyridine rings is 1. The van der Waals surface area contributed by atoms with E-state index in [1.165, 1.54) is 6.07 Å².